The van der Waals surface area contributed by atoms with E-state index in [2.05, 4.69) is 15.4 Å². The largest absolute Gasteiger partial charge is 0.465 e. The number of amides is 1. The number of methoxy groups -OCH3 is 1. The first kappa shape index (κ1) is 13.5. The third-order valence-electron chi connectivity index (χ3n) is 3.29. The second-order valence-electron chi connectivity index (χ2n) is 4.66. The summed E-state index contributed by atoms with van der Waals surface area (Å²) in [7, 11) is 1.34. The van der Waals surface area contributed by atoms with Crippen LogP contribution in [-0.2, 0) is 9.53 Å². The van der Waals surface area contributed by atoms with Crippen molar-refractivity contribution in [1.29, 1.82) is 0 Å². The molecule has 1 saturated heterocycles. The SMILES string of the molecule is COC(=O)c1ccc(C)c(NC(=O)[C@H]2CCCN2)c1. The summed E-state index contributed by atoms with van der Waals surface area (Å²) in [6.07, 6.45) is 1.86. The van der Waals surface area contributed by atoms with E-state index in [0.29, 0.717) is 11.3 Å². The van der Waals surface area contributed by atoms with Crippen LogP contribution >= 0.6 is 0 Å². The van der Waals surface area contributed by atoms with Gasteiger partial charge in [0.1, 0.15) is 0 Å². The zero-order chi connectivity index (χ0) is 13.8. The van der Waals surface area contributed by atoms with E-state index < -0.39 is 5.97 Å². The molecular weight excluding hydrogens is 244 g/mol. The number of esters is 1. The summed E-state index contributed by atoms with van der Waals surface area (Å²) in [4.78, 5) is 23.5. The molecule has 5 heteroatoms. The first-order valence-electron chi connectivity index (χ1n) is 6.35. The van der Waals surface area contributed by atoms with Crippen molar-refractivity contribution in [3.8, 4) is 0 Å². The number of carbonyl (C=O) groups is 2. The minimum atomic E-state index is -0.408. The van der Waals surface area contributed by atoms with Gasteiger partial charge >= 0.3 is 5.97 Å². The van der Waals surface area contributed by atoms with E-state index >= 15 is 0 Å². The third-order valence-corrected chi connectivity index (χ3v) is 3.29. The highest BCUT2D eigenvalue weighted by Crippen LogP contribution is 2.18. The summed E-state index contributed by atoms with van der Waals surface area (Å²) in [6, 6.07) is 4.99. The molecule has 2 N–H and O–H groups in total. The molecule has 1 aliphatic heterocycles. The van der Waals surface area contributed by atoms with Gasteiger partial charge in [-0.3, -0.25) is 4.79 Å². The number of aryl methyl sites for hydroxylation is 1. The number of benzene rings is 1. The number of rotatable bonds is 3. The molecular formula is C14H18N2O3. The highest BCUT2D eigenvalue weighted by molar-refractivity contribution is 5.97. The topological polar surface area (TPSA) is 67.4 Å². The van der Waals surface area contributed by atoms with Crippen molar-refractivity contribution in [3.05, 3.63) is 29.3 Å². The minimum Gasteiger partial charge on any atom is -0.465 e. The van der Waals surface area contributed by atoms with Crippen molar-refractivity contribution in [2.45, 2.75) is 25.8 Å². The maximum atomic E-state index is 12.0. The van der Waals surface area contributed by atoms with Crippen LogP contribution in [0.1, 0.15) is 28.8 Å². The summed E-state index contributed by atoms with van der Waals surface area (Å²) >= 11 is 0. The van der Waals surface area contributed by atoms with Crippen molar-refractivity contribution >= 4 is 17.6 Å². The van der Waals surface area contributed by atoms with Crippen molar-refractivity contribution in [1.82, 2.24) is 5.32 Å². The van der Waals surface area contributed by atoms with Crippen molar-refractivity contribution in [2.75, 3.05) is 19.0 Å². The Morgan fingerprint density at radius 1 is 1.42 bits per heavy atom. The molecule has 1 amide bonds. The molecule has 2 rings (SSSR count). The van der Waals surface area contributed by atoms with Crippen LogP contribution in [0.25, 0.3) is 0 Å². The molecule has 0 spiro atoms. The van der Waals surface area contributed by atoms with Crippen molar-refractivity contribution in [2.24, 2.45) is 0 Å². The highest BCUT2D eigenvalue weighted by Gasteiger charge is 2.22. The lowest BCUT2D eigenvalue weighted by Crippen LogP contribution is -2.35. The Morgan fingerprint density at radius 2 is 2.21 bits per heavy atom. The quantitative estimate of drug-likeness (QED) is 0.810. The van der Waals surface area contributed by atoms with Crippen molar-refractivity contribution in [3.63, 3.8) is 0 Å². The van der Waals surface area contributed by atoms with E-state index in [0.717, 1.165) is 24.9 Å². The highest BCUT2D eigenvalue weighted by atomic mass is 16.5. The minimum absolute atomic E-state index is 0.0531. The number of carbonyl (C=O) groups excluding carboxylic acids is 2. The predicted molar refractivity (Wildman–Crippen MR) is 72.2 cm³/mol. The van der Waals surface area contributed by atoms with Gasteiger partial charge in [0, 0.05) is 5.69 Å². The Bertz CT molecular complexity index is 493. The summed E-state index contributed by atoms with van der Waals surface area (Å²) in [5.41, 5.74) is 2.00. The van der Waals surface area contributed by atoms with E-state index in [9.17, 15) is 9.59 Å². The fourth-order valence-corrected chi connectivity index (χ4v) is 2.13. The summed E-state index contributed by atoms with van der Waals surface area (Å²) in [5, 5.41) is 6.00. The summed E-state index contributed by atoms with van der Waals surface area (Å²) in [5.74, 6) is -0.461. The lowest BCUT2D eigenvalue weighted by atomic mass is 10.1. The Morgan fingerprint density at radius 3 is 2.84 bits per heavy atom. The van der Waals surface area contributed by atoms with Crippen LogP contribution in [0.2, 0.25) is 0 Å². The first-order valence-corrected chi connectivity index (χ1v) is 6.35. The molecule has 0 saturated carbocycles. The molecule has 102 valence electrons. The maximum Gasteiger partial charge on any atom is 0.337 e. The first-order chi connectivity index (χ1) is 9.11. The van der Waals surface area contributed by atoms with Crippen LogP contribution in [0.3, 0.4) is 0 Å². The van der Waals surface area contributed by atoms with Crippen LogP contribution in [-0.4, -0.2) is 31.6 Å². The molecule has 0 radical (unpaired) electrons. The molecule has 0 aromatic heterocycles. The molecule has 1 atom stereocenters. The van der Waals surface area contributed by atoms with Crippen LogP contribution in [0, 0.1) is 6.92 Å². The van der Waals surface area contributed by atoms with E-state index in [1.54, 1.807) is 18.2 Å². The number of hydrogen-bond donors (Lipinski definition) is 2. The lowest BCUT2D eigenvalue weighted by Gasteiger charge is -2.13. The second kappa shape index (κ2) is 5.84. The van der Waals surface area contributed by atoms with Gasteiger partial charge in [0.05, 0.1) is 18.7 Å². The van der Waals surface area contributed by atoms with Crippen LogP contribution in [0.5, 0.6) is 0 Å². The van der Waals surface area contributed by atoms with Gasteiger partial charge in [-0.2, -0.15) is 0 Å². The van der Waals surface area contributed by atoms with E-state index in [1.165, 1.54) is 7.11 Å². The monoisotopic (exact) mass is 262 g/mol. The third kappa shape index (κ3) is 3.12. The molecule has 1 aromatic rings. The molecule has 0 unspecified atom stereocenters. The van der Waals surface area contributed by atoms with Gasteiger partial charge in [0.25, 0.3) is 0 Å². The molecule has 5 nitrogen and oxygen atoms in total. The van der Waals surface area contributed by atoms with Crippen molar-refractivity contribution < 1.29 is 14.3 Å². The lowest BCUT2D eigenvalue weighted by molar-refractivity contribution is -0.117. The standard InChI is InChI=1S/C14H18N2O3/c1-9-5-6-10(14(18)19-2)8-12(9)16-13(17)11-4-3-7-15-11/h5-6,8,11,15H,3-4,7H2,1-2H3,(H,16,17)/t11-/m1/s1. The normalized spacial score (nSPS) is 18.1. The zero-order valence-corrected chi connectivity index (χ0v) is 11.2. The Kier molecular flexibility index (Phi) is 4.16. The van der Waals surface area contributed by atoms with Crippen LogP contribution in [0.4, 0.5) is 5.69 Å². The molecule has 1 aromatic carbocycles. The number of ether oxygens (including phenoxy) is 1. The van der Waals surface area contributed by atoms with Gasteiger partial charge < -0.3 is 15.4 Å². The smallest absolute Gasteiger partial charge is 0.337 e. The maximum absolute atomic E-state index is 12.0. The molecule has 1 heterocycles. The van der Waals surface area contributed by atoms with Gasteiger partial charge in [-0.15, -0.1) is 0 Å². The van der Waals surface area contributed by atoms with E-state index in [1.807, 2.05) is 6.92 Å². The van der Waals surface area contributed by atoms with E-state index in [4.69, 9.17) is 0 Å². The fourth-order valence-electron chi connectivity index (χ4n) is 2.13. The Balaban J connectivity index is 2.14. The molecule has 0 bridgehead atoms. The average Bonchev–Trinajstić information content (AvgIpc) is 2.94. The predicted octanol–water partition coefficient (Wildman–Crippen LogP) is 1.47. The Hall–Kier alpha value is -1.88. The van der Waals surface area contributed by atoms with Crippen LogP contribution < -0.4 is 10.6 Å². The second-order valence-corrected chi connectivity index (χ2v) is 4.66. The molecule has 19 heavy (non-hydrogen) atoms. The Labute approximate surface area is 112 Å². The number of anilines is 1. The van der Waals surface area contributed by atoms with Gasteiger partial charge in [0.2, 0.25) is 5.91 Å². The van der Waals surface area contributed by atoms with Gasteiger partial charge in [0.15, 0.2) is 0 Å². The molecule has 0 aliphatic carbocycles. The zero-order valence-electron chi connectivity index (χ0n) is 11.2. The number of nitrogens with one attached hydrogen (secondary N) is 2. The molecule has 1 aliphatic rings. The molecule has 1 fully saturated rings. The summed E-state index contributed by atoms with van der Waals surface area (Å²) < 4.78 is 4.67. The van der Waals surface area contributed by atoms with Gasteiger partial charge in [-0.25, -0.2) is 4.79 Å². The average molecular weight is 262 g/mol. The fraction of sp³-hybridized carbons (Fsp3) is 0.429. The van der Waals surface area contributed by atoms with Gasteiger partial charge in [-0.1, -0.05) is 6.07 Å². The van der Waals surface area contributed by atoms with Gasteiger partial charge in [-0.05, 0) is 44.0 Å². The van der Waals surface area contributed by atoms with Crippen LogP contribution in [0.15, 0.2) is 18.2 Å². The summed E-state index contributed by atoms with van der Waals surface area (Å²) in [6.45, 7) is 2.76. The number of hydrogen-bond acceptors (Lipinski definition) is 4. The van der Waals surface area contributed by atoms with E-state index in [-0.39, 0.29) is 11.9 Å².